The van der Waals surface area contributed by atoms with Crippen LogP contribution in [0.3, 0.4) is 0 Å². The molecule has 2 aromatic heterocycles. The number of alkyl halides is 2. The van der Waals surface area contributed by atoms with Gasteiger partial charge < -0.3 is 14.0 Å². The number of hydrogen-bond donors (Lipinski definition) is 0. The van der Waals surface area contributed by atoms with Crippen LogP contribution >= 0.6 is 0 Å². The number of hydrogen-bond acceptors (Lipinski definition) is 6. The predicted molar refractivity (Wildman–Crippen MR) is 92.0 cm³/mol. The van der Waals surface area contributed by atoms with Gasteiger partial charge in [0.1, 0.15) is 0 Å². The minimum Gasteiger partial charge on any atom is -0.490 e. The molecule has 0 saturated heterocycles. The maximum absolute atomic E-state index is 12.5. The van der Waals surface area contributed by atoms with Gasteiger partial charge in [-0.15, -0.1) is 0 Å². The number of halogens is 2. The SMILES string of the molecule is CCOc1cc(Cc2noc(CCc3ccn(C)n3)n2)ccc1OC(F)F. The number of aryl methyl sites for hydroxylation is 3. The summed E-state index contributed by atoms with van der Waals surface area (Å²) in [6, 6.07) is 6.71. The molecule has 27 heavy (non-hydrogen) atoms. The standard InChI is InChI=1S/C18H20F2N4O3/c1-3-25-15-10-12(4-6-14(15)26-18(19)20)11-16-21-17(27-23-16)7-5-13-8-9-24(2)22-13/h4,6,8-10,18H,3,5,7,11H2,1-2H3. The lowest BCUT2D eigenvalue weighted by molar-refractivity contribution is -0.0514. The fourth-order valence-corrected chi connectivity index (χ4v) is 2.60. The minimum atomic E-state index is -2.91. The molecule has 2 heterocycles. The largest absolute Gasteiger partial charge is 0.490 e. The molecule has 9 heteroatoms. The first-order chi connectivity index (χ1) is 13.0. The van der Waals surface area contributed by atoms with E-state index in [-0.39, 0.29) is 11.5 Å². The van der Waals surface area contributed by atoms with Crippen LogP contribution in [0.2, 0.25) is 0 Å². The van der Waals surface area contributed by atoms with E-state index in [2.05, 4.69) is 20.0 Å². The zero-order chi connectivity index (χ0) is 19.2. The maximum Gasteiger partial charge on any atom is 0.387 e. The zero-order valence-electron chi connectivity index (χ0n) is 15.1. The van der Waals surface area contributed by atoms with Gasteiger partial charge in [-0.05, 0) is 30.7 Å². The van der Waals surface area contributed by atoms with Gasteiger partial charge in [-0.3, -0.25) is 4.68 Å². The van der Waals surface area contributed by atoms with Crippen molar-refractivity contribution < 1.29 is 22.8 Å². The Labute approximate surface area is 154 Å². The van der Waals surface area contributed by atoms with E-state index in [1.54, 1.807) is 23.7 Å². The summed E-state index contributed by atoms with van der Waals surface area (Å²) in [4.78, 5) is 4.37. The highest BCUT2D eigenvalue weighted by atomic mass is 19.3. The monoisotopic (exact) mass is 378 g/mol. The molecule has 3 aromatic rings. The van der Waals surface area contributed by atoms with Gasteiger partial charge in [-0.2, -0.15) is 18.9 Å². The van der Waals surface area contributed by atoms with Crippen molar-refractivity contribution in [2.24, 2.45) is 7.05 Å². The third-order valence-electron chi connectivity index (χ3n) is 3.76. The lowest BCUT2D eigenvalue weighted by atomic mass is 10.1. The van der Waals surface area contributed by atoms with Gasteiger partial charge in [0, 0.05) is 32.5 Å². The molecule has 0 bridgehead atoms. The highest BCUT2D eigenvalue weighted by molar-refractivity contribution is 5.43. The molecular weight excluding hydrogens is 358 g/mol. The van der Waals surface area contributed by atoms with Crippen molar-refractivity contribution in [2.75, 3.05) is 6.61 Å². The Morgan fingerprint density at radius 1 is 1.19 bits per heavy atom. The van der Waals surface area contributed by atoms with Crippen LogP contribution in [0, 0.1) is 0 Å². The van der Waals surface area contributed by atoms with Gasteiger partial charge in [-0.25, -0.2) is 0 Å². The number of benzene rings is 1. The van der Waals surface area contributed by atoms with E-state index in [4.69, 9.17) is 9.26 Å². The fraction of sp³-hybridized carbons (Fsp3) is 0.389. The van der Waals surface area contributed by atoms with Gasteiger partial charge >= 0.3 is 6.61 Å². The van der Waals surface area contributed by atoms with Crippen molar-refractivity contribution in [1.29, 1.82) is 0 Å². The highest BCUT2D eigenvalue weighted by Gasteiger charge is 2.14. The van der Waals surface area contributed by atoms with Gasteiger partial charge in [0.15, 0.2) is 17.3 Å². The van der Waals surface area contributed by atoms with E-state index in [1.807, 2.05) is 19.3 Å². The van der Waals surface area contributed by atoms with Crippen molar-refractivity contribution in [3.05, 3.63) is 53.4 Å². The molecule has 0 radical (unpaired) electrons. The second kappa shape index (κ2) is 8.61. The number of nitrogens with zero attached hydrogens (tertiary/aromatic N) is 4. The van der Waals surface area contributed by atoms with E-state index in [9.17, 15) is 8.78 Å². The molecule has 0 aliphatic carbocycles. The molecule has 0 spiro atoms. The molecule has 0 unspecified atom stereocenters. The summed E-state index contributed by atoms with van der Waals surface area (Å²) < 4.78 is 41.8. The second-order valence-corrected chi connectivity index (χ2v) is 5.85. The number of rotatable bonds is 9. The third-order valence-corrected chi connectivity index (χ3v) is 3.76. The first-order valence-electron chi connectivity index (χ1n) is 8.54. The van der Waals surface area contributed by atoms with E-state index < -0.39 is 6.61 Å². The first-order valence-corrected chi connectivity index (χ1v) is 8.54. The second-order valence-electron chi connectivity index (χ2n) is 5.85. The highest BCUT2D eigenvalue weighted by Crippen LogP contribution is 2.30. The van der Waals surface area contributed by atoms with Crippen molar-refractivity contribution >= 4 is 0 Å². The summed E-state index contributed by atoms with van der Waals surface area (Å²) in [6.07, 6.45) is 3.57. The minimum absolute atomic E-state index is 0.000220. The quantitative estimate of drug-likeness (QED) is 0.569. The summed E-state index contributed by atoms with van der Waals surface area (Å²) in [5, 5.41) is 8.28. The molecule has 144 valence electrons. The van der Waals surface area contributed by atoms with E-state index in [0.717, 1.165) is 11.3 Å². The Hall–Kier alpha value is -2.97. The zero-order valence-corrected chi connectivity index (χ0v) is 15.1. The van der Waals surface area contributed by atoms with Gasteiger partial charge in [0.2, 0.25) is 5.89 Å². The average molecular weight is 378 g/mol. The van der Waals surface area contributed by atoms with Crippen LogP contribution in [-0.4, -0.2) is 33.1 Å². The van der Waals surface area contributed by atoms with E-state index in [1.165, 1.54) is 6.07 Å². The Kier molecular flexibility index (Phi) is 6.00. The molecule has 7 nitrogen and oxygen atoms in total. The van der Waals surface area contributed by atoms with Gasteiger partial charge in [0.05, 0.1) is 12.3 Å². The third kappa shape index (κ3) is 5.25. The van der Waals surface area contributed by atoms with E-state index in [0.29, 0.717) is 37.6 Å². The van der Waals surface area contributed by atoms with Crippen LogP contribution in [-0.2, 0) is 26.3 Å². The molecule has 0 aliphatic rings. The lowest BCUT2D eigenvalue weighted by Crippen LogP contribution is -2.05. The van der Waals surface area contributed by atoms with Crippen molar-refractivity contribution in [1.82, 2.24) is 19.9 Å². The summed E-state index contributed by atoms with van der Waals surface area (Å²) in [6.45, 7) is -0.802. The molecular formula is C18H20F2N4O3. The maximum atomic E-state index is 12.5. The average Bonchev–Trinajstić information content (AvgIpc) is 3.24. The molecule has 0 N–H and O–H groups in total. The molecule has 1 aromatic carbocycles. The normalized spacial score (nSPS) is 11.1. The molecule has 3 rings (SSSR count). The number of aromatic nitrogens is 4. The molecule has 0 amide bonds. The smallest absolute Gasteiger partial charge is 0.387 e. The van der Waals surface area contributed by atoms with Crippen LogP contribution in [0.5, 0.6) is 11.5 Å². The summed E-state index contributed by atoms with van der Waals surface area (Å²) in [5.74, 6) is 1.29. The first kappa shape index (κ1) is 18.8. The molecule has 0 saturated carbocycles. The van der Waals surface area contributed by atoms with Crippen molar-refractivity contribution in [3.8, 4) is 11.5 Å². The van der Waals surface area contributed by atoms with Crippen LogP contribution in [0.1, 0.15) is 29.9 Å². The fourth-order valence-electron chi connectivity index (χ4n) is 2.60. The van der Waals surface area contributed by atoms with Crippen LogP contribution in [0.25, 0.3) is 0 Å². The summed E-state index contributed by atoms with van der Waals surface area (Å²) >= 11 is 0. The summed E-state index contributed by atoms with van der Waals surface area (Å²) in [5.41, 5.74) is 1.75. The summed E-state index contributed by atoms with van der Waals surface area (Å²) in [7, 11) is 1.86. The molecule has 0 fully saturated rings. The van der Waals surface area contributed by atoms with Gasteiger partial charge in [-0.1, -0.05) is 11.2 Å². The molecule has 0 atom stereocenters. The Morgan fingerprint density at radius 2 is 2.04 bits per heavy atom. The van der Waals surface area contributed by atoms with Crippen LogP contribution in [0.15, 0.2) is 35.0 Å². The Morgan fingerprint density at radius 3 is 2.74 bits per heavy atom. The van der Waals surface area contributed by atoms with Crippen LogP contribution in [0.4, 0.5) is 8.78 Å². The van der Waals surface area contributed by atoms with E-state index >= 15 is 0 Å². The molecule has 0 aliphatic heterocycles. The van der Waals surface area contributed by atoms with Crippen molar-refractivity contribution in [3.63, 3.8) is 0 Å². The van der Waals surface area contributed by atoms with Crippen LogP contribution < -0.4 is 9.47 Å². The Balaban J connectivity index is 1.64. The lowest BCUT2D eigenvalue weighted by Gasteiger charge is -2.12. The van der Waals surface area contributed by atoms with Crippen molar-refractivity contribution in [2.45, 2.75) is 32.8 Å². The Bertz CT molecular complexity index is 879. The predicted octanol–water partition coefficient (Wildman–Crippen LogP) is 3.18. The topological polar surface area (TPSA) is 75.2 Å². The number of ether oxygens (including phenoxy) is 2. The van der Waals surface area contributed by atoms with Gasteiger partial charge in [0.25, 0.3) is 0 Å².